The van der Waals surface area contributed by atoms with Crippen molar-refractivity contribution < 1.29 is 0 Å². The summed E-state index contributed by atoms with van der Waals surface area (Å²) in [5.41, 5.74) is 2.63. The third-order valence-electron chi connectivity index (χ3n) is 3.11. The number of halogens is 1. The van der Waals surface area contributed by atoms with Crippen molar-refractivity contribution in [3.8, 4) is 0 Å². The van der Waals surface area contributed by atoms with Crippen molar-refractivity contribution in [2.75, 3.05) is 31.1 Å². The smallest absolute Gasteiger partial charge is 0.0378 e. The molecule has 88 valence electrons. The van der Waals surface area contributed by atoms with Crippen LogP contribution >= 0.6 is 15.9 Å². The molecular weight excluding hydrogens is 264 g/mol. The van der Waals surface area contributed by atoms with E-state index in [1.54, 1.807) is 0 Å². The van der Waals surface area contributed by atoms with Crippen molar-refractivity contribution >= 4 is 21.6 Å². The fourth-order valence-electron chi connectivity index (χ4n) is 2.04. The minimum Gasteiger partial charge on any atom is -0.370 e. The molecule has 2 nitrogen and oxygen atoms in total. The Morgan fingerprint density at radius 2 is 2.06 bits per heavy atom. The third kappa shape index (κ3) is 2.98. The van der Waals surface area contributed by atoms with E-state index in [-0.39, 0.29) is 0 Å². The van der Waals surface area contributed by atoms with Crippen LogP contribution < -0.4 is 10.2 Å². The molecule has 0 radical (unpaired) electrons. The first kappa shape index (κ1) is 11.9. The molecule has 3 heteroatoms. The second-order valence-electron chi connectivity index (χ2n) is 4.38. The zero-order chi connectivity index (χ0) is 11.4. The van der Waals surface area contributed by atoms with Gasteiger partial charge in [-0.2, -0.15) is 0 Å². The maximum atomic E-state index is 3.61. The minimum atomic E-state index is 1.09. The molecule has 1 heterocycles. The molecule has 1 saturated heterocycles. The van der Waals surface area contributed by atoms with E-state index in [9.17, 15) is 0 Å². The van der Waals surface area contributed by atoms with Crippen LogP contribution in [0.2, 0.25) is 0 Å². The van der Waals surface area contributed by atoms with E-state index in [0.29, 0.717) is 0 Å². The summed E-state index contributed by atoms with van der Waals surface area (Å²) in [6, 6.07) is 6.64. The van der Waals surface area contributed by atoms with Crippen LogP contribution in [0, 0.1) is 6.92 Å². The number of anilines is 1. The molecule has 0 saturated carbocycles. The largest absolute Gasteiger partial charge is 0.370 e. The molecule has 0 amide bonds. The second-order valence-corrected chi connectivity index (χ2v) is 5.23. The first-order valence-corrected chi connectivity index (χ1v) is 6.78. The quantitative estimate of drug-likeness (QED) is 0.852. The number of hydrogen-bond donors (Lipinski definition) is 1. The van der Waals surface area contributed by atoms with E-state index < -0.39 is 0 Å². The van der Waals surface area contributed by atoms with Gasteiger partial charge in [-0.05, 0) is 44.0 Å². The van der Waals surface area contributed by atoms with Crippen molar-refractivity contribution in [1.29, 1.82) is 0 Å². The molecule has 0 spiro atoms. The van der Waals surface area contributed by atoms with Crippen LogP contribution in [0.4, 0.5) is 5.69 Å². The van der Waals surface area contributed by atoms with Crippen LogP contribution in [0.15, 0.2) is 22.7 Å². The summed E-state index contributed by atoms with van der Waals surface area (Å²) in [5, 5.41) is 3.46. The molecule has 1 N–H and O–H groups in total. The molecule has 2 rings (SSSR count). The predicted octanol–water partition coefficient (Wildman–Crippen LogP) is 2.95. The van der Waals surface area contributed by atoms with E-state index in [1.165, 1.54) is 41.7 Å². The topological polar surface area (TPSA) is 15.3 Å². The van der Waals surface area contributed by atoms with Crippen molar-refractivity contribution in [1.82, 2.24) is 5.32 Å². The second kappa shape index (κ2) is 5.69. The zero-order valence-corrected chi connectivity index (χ0v) is 11.4. The Kier molecular flexibility index (Phi) is 4.24. The van der Waals surface area contributed by atoms with Crippen molar-refractivity contribution in [2.45, 2.75) is 19.8 Å². The van der Waals surface area contributed by atoms with E-state index in [1.807, 2.05) is 0 Å². The minimum absolute atomic E-state index is 1.09. The lowest BCUT2D eigenvalue weighted by atomic mass is 10.2. The summed E-state index contributed by atoms with van der Waals surface area (Å²) in [6.45, 7) is 6.67. The highest BCUT2D eigenvalue weighted by atomic mass is 79.9. The lowest BCUT2D eigenvalue weighted by Gasteiger charge is -2.27. The molecule has 0 aliphatic carbocycles. The number of nitrogens with one attached hydrogen (secondary N) is 1. The van der Waals surface area contributed by atoms with Crippen LogP contribution in [0.1, 0.15) is 18.4 Å². The molecule has 1 aliphatic heterocycles. The van der Waals surface area contributed by atoms with Gasteiger partial charge < -0.3 is 10.2 Å². The number of nitrogens with zero attached hydrogens (tertiary/aromatic N) is 1. The highest BCUT2D eigenvalue weighted by molar-refractivity contribution is 9.10. The van der Waals surface area contributed by atoms with Crippen LogP contribution in [0.5, 0.6) is 0 Å². The zero-order valence-electron chi connectivity index (χ0n) is 9.80. The number of aryl methyl sites for hydroxylation is 1. The van der Waals surface area contributed by atoms with Crippen LogP contribution in [0.25, 0.3) is 0 Å². The van der Waals surface area contributed by atoms with Gasteiger partial charge in [-0.15, -0.1) is 0 Å². The van der Waals surface area contributed by atoms with Gasteiger partial charge in [0.05, 0.1) is 0 Å². The number of rotatable bonds is 1. The fourth-order valence-corrected chi connectivity index (χ4v) is 2.41. The van der Waals surface area contributed by atoms with E-state index in [2.05, 4.69) is 51.3 Å². The van der Waals surface area contributed by atoms with Gasteiger partial charge in [-0.1, -0.05) is 22.0 Å². The van der Waals surface area contributed by atoms with Crippen molar-refractivity contribution in [3.63, 3.8) is 0 Å². The standard InChI is InChI=1S/C13H19BrN2/c1-11-4-5-12(10-13(11)14)16-8-3-2-6-15-7-9-16/h4-5,10,15H,2-3,6-9H2,1H3. The van der Waals surface area contributed by atoms with Gasteiger partial charge in [0, 0.05) is 29.8 Å². The van der Waals surface area contributed by atoms with Gasteiger partial charge in [0.15, 0.2) is 0 Å². The van der Waals surface area contributed by atoms with Gasteiger partial charge in [0.1, 0.15) is 0 Å². The van der Waals surface area contributed by atoms with E-state index >= 15 is 0 Å². The normalized spacial score (nSPS) is 18.0. The molecule has 0 unspecified atom stereocenters. The molecule has 16 heavy (non-hydrogen) atoms. The maximum absolute atomic E-state index is 3.61. The fraction of sp³-hybridized carbons (Fsp3) is 0.538. The van der Waals surface area contributed by atoms with E-state index in [0.717, 1.165) is 13.1 Å². The molecule has 1 fully saturated rings. The summed E-state index contributed by atoms with van der Waals surface area (Å²) >= 11 is 3.61. The highest BCUT2D eigenvalue weighted by Crippen LogP contribution is 2.23. The first-order valence-electron chi connectivity index (χ1n) is 5.99. The van der Waals surface area contributed by atoms with Gasteiger partial charge in [0.25, 0.3) is 0 Å². The Hall–Kier alpha value is -0.540. The van der Waals surface area contributed by atoms with Crippen molar-refractivity contribution in [2.24, 2.45) is 0 Å². The summed E-state index contributed by atoms with van der Waals surface area (Å²) in [7, 11) is 0. The Morgan fingerprint density at radius 3 is 2.88 bits per heavy atom. The Bertz CT molecular complexity index is 344. The average Bonchev–Trinajstić information content (AvgIpc) is 2.22. The summed E-state index contributed by atoms with van der Waals surface area (Å²) in [6.07, 6.45) is 2.56. The SMILES string of the molecule is Cc1ccc(N2CCCCNCC2)cc1Br. The first-order chi connectivity index (χ1) is 7.77. The number of hydrogen-bond acceptors (Lipinski definition) is 2. The Morgan fingerprint density at radius 1 is 1.19 bits per heavy atom. The molecule has 0 atom stereocenters. The summed E-state index contributed by atoms with van der Waals surface area (Å²) in [4.78, 5) is 2.47. The van der Waals surface area contributed by atoms with Crippen LogP contribution in [-0.4, -0.2) is 26.2 Å². The van der Waals surface area contributed by atoms with Crippen molar-refractivity contribution in [3.05, 3.63) is 28.2 Å². The average molecular weight is 283 g/mol. The van der Waals surface area contributed by atoms with Gasteiger partial charge in [0.2, 0.25) is 0 Å². The molecule has 0 bridgehead atoms. The monoisotopic (exact) mass is 282 g/mol. The highest BCUT2D eigenvalue weighted by Gasteiger charge is 2.09. The lowest BCUT2D eigenvalue weighted by Crippen LogP contribution is -2.36. The predicted molar refractivity (Wildman–Crippen MR) is 73.2 cm³/mol. The van der Waals surface area contributed by atoms with Crippen LogP contribution in [0.3, 0.4) is 0 Å². The Labute approximate surface area is 106 Å². The molecule has 1 aromatic carbocycles. The maximum Gasteiger partial charge on any atom is 0.0378 e. The summed E-state index contributed by atoms with van der Waals surface area (Å²) in [5.74, 6) is 0. The molecular formula is C13H19BrN2. The van der Waals surface area contributed by atoms with Gasteiger partial charge in [-0.25, -0.2) is 0 Å². The lowest BCUT2D eigenvalue weighted by molar-refractivity contribution is 0.567. The Balaban J connectivity index is 2.11. The molecule has 0 aromatic heterocycles. The number of benzene rings is 1. The van der Waals surface area contributed by atoms with E-state index in [4.69, 9.17) is 0 Å². The van der Waals surface area contributed by atoms with Gasteiger partial charge >= 0.3 is 0 Å². The summed E-state index contributed by atoms with van der Waals surface area (Å²) < 4.78 is 1.21. The third-order valence-corrected chi connectivity index (χ3v) is 3.96. The van der Waals surface area contributed by atoms with Crippen LogP contribution in [-0.2, 0) is 0 Å². The molecule has 1 aliphatic rings. The van der Waals surface area contributed by atoms with Gasteiger partial charge in [-0.3, -0.25) is 0 Å². The molecule has 1 aromatic rings.